The quantitative estimate of drug-likeness (QED) is 0.294. The van der Waals surface area contributed by atoms with Crippen LogP contribution in [0.25, 0.3) is 0 Å². The second-order valence-electron chi connectivity index (χ2n) is 2.28. The SMILES string of the molecule is O=S(=O)(OB([O-])OS(=O)(=O)C(F)(F)F)C(F)(F)F.[Li+]. The smallest absolute Gasteiger partial charge is 0.830 e. The zero-order valence-corrected chi connectivity index (χ0v) is 10.2. The average molecular weight is 332 g/mol. The largest absolute Gasteiger partial charge is 1.00 e. The molecular formula is C2BF6LiO7S2. The Balaban J connectivity index is 0. The van der Waals surface area contributed by atoms with Crippen molar-refractivity contribution in [3.63, 3.8) is 0 Å². The maximum Gasteiger partial charge on any atom is 1.00 e. The second kappa shape index (κ2) is 6.20. The van der Waals surface area contributed by atoms with Crippen LogP contribution in [0.2, 0.25) is 0 Å². The van der Waals surface area contributed by atoms with E-state index in [-0.39, 0.29) is 18.9 Å². The summed E-state index contributed by atoms with van der Waals surface area (Å²) in [5, 5.41) is 10.2. The van der Waals surface area contributed by atoms with Crippen LogP contribution in [0.3, 0.4) is 0 Å². The summed E-state index contributed by atoms with van der Waals surface area (Å²) in [6.07, 6.45) is 0. The van der Waals surface area contributed by atoms with E-state index in [2.05, 4.69) is 8.20 Å². The van der Waals surface area contributed by atoms with Crippen LogP contribution in [0.4, 0.5) is 26.3 Å². The molecule has 0 fully saturated rings. The second-order valence-corrected chi connectivity index (χ2v) is 5.41. The Hall–Kier alpha value is 0.0223. The minimum atomic E-state index is -6.58. The number of alkyl halides is 6. The first kappa shape index (κ1) is 21.3. The van der Waals surface area contributed by atoms with Gasteiger partial charge in [0.05, 0.1) is 0 Å². The fraction of sp³-hybridized carbons (Fsp3) is 1.00. The number of hydrogen-bond donors (Lipinski definition) is 0. The van der Waals surface area contributed by atoms with Gasteiger partial charge in [0.2, 0.25) is 0 Å². The molecule has 7 nitrogen and oxygen atoms in total. The van der Waals surface area contributed by atoms with Crippen molar-refractivity contribution in [2.75, 3.05) is 0 Å². The maximum atomic E-state index is 11.6. The summed E-state index contributed by atoms with van der Waals surface area (Å²) in [5.41, 5.74) is -12.2. The van der Waals surface area contributed by atoms with Crippen LogP contribution in [0.5, 0.6) is 0 Å². The van der Waals surface area contributed by atoms with Crippen LogP contribution < -0.4 is 23.9 Å². The van der Waals surface area contributed by atoms with Gasteiger partial charge >= 0.3 is 57.4 Å². The van der Waals surface area contributed by atoms with Crippen molar-refractivity contribution in [3.8, 4) is 0 Å². The zero-order chi connectivity index (χ0) is 15.0. The Labute approximate surface area is 114 Å². The van der Waals surface area contributed by atoms with E-state index < -0.39 is 38.6 Å². The molecule has 0 radical (unpaired) electrons. The minimum absolute atomic E-state index is 0. The van der Waals surface area contributed by atoms with E-state index in [1.165, 1.54) is 0 Å². The summed E-state index contributed by atoms with van der Waals surface area (Å²) in [5.74, 6) is 0. The first-order chi connectivity index (χ1) is 7.60. The molecule has 0 aromatic heterocycles. The van der Waals surface area contributed by atoms with Gasteiger partial charge in [-0.3, -0.25) is 0 Å². The monoisotopic (exact) mass is 332 g/mol. The molecule has 0 amide bonds. The van der Waals surface area contributed by atoms with Crippen molar-refractivity contribution < 1.29 is 75.3 Å². The van der Waals surface area contributed by atoms with Crippen LogP contribution in [-0.4, -0.2) is 35.2 Å². The first-order valence-corrected chi connectivity index (χ1v) is 6.07. The van der Waals surface area contributed by atoms with Crippen molar-refractivity contribution in [1.82, 2.24) is 0 Å². The Kier molecular flexibility index (Phi) is 6.96. The van der Waals surface area contributed by atoms with Gasteiger partial charge in [0, 0.05) is 0 Å². The number of hydrogen-bond acceptors (Lipinski definition) is 7. The fourth-order valence-corrected chi connectivity index (χ4v) is 1.09. The number of rotatable bonds is 4. The van der Waals surface area contributed by atoms with Gasteiger partial charge in [-0.1, -0.05) is 0 Å². The maximum absolute atomic E-state index is 11.6. The molecular weight excluding hydrogens is 332 g/mol. The third-order valence-electron chi connectivity index (χ3n) is 0.977. The summed E-state index contributed by atoms with van der Waals surface area (Å²) < 4.78 is 115. The summed E-state index contributed by atoms with van der Waals surface area (Å²) >= 11 is 0. The fourth-order valence-electron chi connectivity index (χ4n) is 0.332. The van der Waals surface area contributed by atoms with Crippen molar-refractivity contribution >= 4 is 27.6 Å². The molecule has 0 bridgehead atoms. The molecule has 0 rings (SSSR count). The molecule has 0 N–H and O–H groups in total. The Morgan fingerprint density at radius 2 is 1.00 bits per heavy atom. The molecule has 0 aliphatic heterocycles. The van der Waals surface area contributed by atoms with Gasteiger partial charge in [-0.25, -0.2) is 0 Å². The molecule has 0 aromatic rings. The summed E-state index contributed by atoms with van der Waals surface area (Å²) in [6.45, 7) is 0. The third-order valence-corrected chi connectivity index (χ3v) is 2.93. The normalized spacial score (nSPS) is 13.8. The van der Waals surface area contributed by atoms with E-state index in [0.29, 0.717) is 0 Å². The van der Waals surface area contributed by atoms with Crippen LogP contribution in [0.15, 0.2) is 0 Å². The standard InChI is InChI=1S/C2BF6O7S2.Li/c4-1(5,6)17(11,12)15-3(10)16-18(13,14)2(7,8)9;/q-1;+1. The topological polar surface area (TPSA) is 110 Å². The zero-order valence-electron chi connectivity index (χ0n) is 8.52. The van der Waals surface area contributed by atoms with Gasteiger partial charge in [-0.05, 0) is 0 Å². The molecule has 0 saturated carbocycles. The van der Waals surface area contributed by atoms with E-state index in [4.69, 9.17) is 0 Å². The molecule has 0 spiro atoms. The predicted octanol–water partition coefficient (Wildman–Crippen LogP) is -3.93. The Morgan fingerprint density at radius 1 is 0.789 bits per heavy atom. The van der Waals surface area contributed by atoms with Crippen LogP contribution in [0.1, 0.15) is 0 Å². The van der Waals surface area contributed by atoms with Crippen LogP contribution in [0, 0.1) is 0 Å². The van der Waals surface area contributed by atoms with Gasteiger partial charge in [0.25, 0.3) is 0 Å². The van der Waals surface area contributed by atoms with Crippen molar-refractivity contribution in [3.05, 3.63) is 0 Å². The first-order valence-electron chi connectivity index (χ1n) is 3.25. The predicted molar refractivity (Wildman–Crippen MR) is 37.9 cm³/mol. The van der Waals surface area contributed by atoms with Crippen molar-refractivity contribution in [2.24, 2.45) is 0 Å². The minimum Gasteiger partial charge on any atom is -0.830 e. The third kappa shape index (κ3) is 5.89. The van der Waals surface area contributed by atoms with Gasteiger partial charge < -0.3 is 13.2 Å². The molecule has 19 heavy (non-hydrogen) atoms. The van der Waals surface area contributed by atoms with Gasteiger partial charge in [-0.15, -0.1) is 0 Å². The molecule has 0 heterocycles. The van der Waals surface area contributed by atoms with Gasteiger partial charge in [-0.2, -0.15) is 43.2 Å². The van der Waals surface area contributed by atoms with Crippen LogP contribution >= 0.6 is 0 Å². The van der Waals surface area contributed by atoms with E-state index in [1.807, 2.05) is 0 Å². The number of halogens is 6. The van der Waals surface area contributed by atoms with E-state index in [9.17, 15) is 48.2 Å². The molecule has 108 valence electrons. The van der Waals surface area contributed by atoms with Gasteiger partial charge in [0.15, 0.2) is 0 Å². The molecule has 0 atom stereocenters. The molecule has 17 heteroatoms. The van der Waals surface area contributed by atoms with Crippen molar-refractivity contribution in [1.29, 1.82) is 0 Å². The Morgan fingerprint density at radius 3 is 1.16 bits per heavy atom. The molecule has 0 saturated heterocycles. The molecule has 0 aliphatic carbocycles. The van der Waals surface area contributed by atoms with E-state index in [0.717, 1.165) is 0 Å². The molecule has 0 aromatic carbocycles. The summed E-state index contributed by atoms with van der Waals surface area (Å²) in [6, 6.07) is 0. The van der Waals surface area contributed by atoms with Gasteiger partial charge in [0.1, 0.15) is 0 Å². The van der Waals surface area contributed by atoms with E-state index >= 15 is 0 Å². The average Bonchev–Trinajstić information content (AvgIpc) is 1.95. The Bertz CT molecular complexity index is 447. The van der Waals surface area contributed by atoms with E-state index in [1.54, 1.807) is 0 Å². The summed E-state index contributed by atoms with van der Waals surface area (Å²) in [7, 11) is -17.2. The van der Waals surface area contributed by atoms with Crippen LogP contribution in [-0.2, 0) is 28.4 Å². The molecule has 0 unspecified atom stereocenters. The van der Waals surface area contributed by atoms with Crippen molar-refractivity contribution in [2.45, 2.75) is 11.0 Å². The molecule has 0 aliphatic rings. The summed E-state index contributed by atoms with van der Waals surface area (Å²) in [4.78, 5) is 0.